The molecule has 3 rings (SSSR count). The number of nitrogens with one attached hydrogen (secondary N) is 1. The Labute approximate surface area is 173 Å². The standard InChI is InChI=1S/C21H25NO6S/c1-5-26-21(25)17-14-8-6-7-9-16(14)29-19(17)22-18(23)13(4)28-20(24)15-10-11(2)27-12(15)3/h10,13H,5-9H2,1-4H3,(H,22,23)/t13-/m1/s1. The number of rotatable bonds is 6. The van der Waals surface area contributed by atoms with Gasteiger partial charge in [0.25, 0.3) is 5.91 Å². The van der Waals surface area contributed by atoms with Gasteiger partial charge < -0.3 is 19.2 Å². The Morgan fingerprint density at radius 2 is 1.93 bits per heavy atom. The van der Waals surface area contributed by atoms with Gasteiger partial charge in [0, 0.05) is 4.88 Å². The summed E-state index contributed by atoms with van der Waals surface area (Å²) >= 11 is 1.39. The summed E-state index contributed by atoms with van der Waals surface area (Å²) in [4.78, 5) is 38.6. The van der Waals surface area contributed by atoms with Crippen molar-refractivity contribution in [3.05, 3.63) is 39.2 Å². The smallest absolute Gasteiger partial charge is 0.342 e. The third-order valence-electron chi connectivity index (χ3n) is 4.80. The van der Waals surface area contributed by atoms with E-state index in [1.807, 2.05) is 0 Å². The molecule has 0 aromatic carbocycles. The van der Waals surface area contributed by atoms with Crippen molar-refractivity contribution in [3.8, 4) is 0 Å². The third-order valence-corrected chi connectivity index (χ3v) is 6.01. The molecule has 1 amide bonds. The second kappa shape index (κ2) is 8.82. The number of amides is 1. The van der Waals surface area contributed by atoms with Crippen LogP contribution < -0.4 is 5.32 Å². The fraction of sp³-hybridized carbons (Fsp3) is 0.476. The highest BCUT2D eigenvalue weighted by Gasteiger charge is 2.29. The summed E-state index contributed by atoms with van der Waals surface area (Å²) < 4.78 is 15.8. The molecule has 2 aromatic heterocycles. The molecule has 29 heavy (non-hydrogen) atoms. The highest BCUT2D eigenvalue weighted by Crippen LogP contribution is 2.38. The molecular formula is C21H25NO6S. The molecule has 8 heteroatoms. The molecule has 156 valence electrons. The number of esters is 2. The molecule has 0 radical (unpaired) electrons. The first-order valence-electron chi connectivity index (χ1n) is 9.72. The van der Waals surface area contributed by atoms with Crippen LogP contribution in [0.25, 0.3) is 0 Å². The Balaban J connectivity index is 1.76. The van der Waals surface area contributed by atoms with Crippen LogP contribution in [0.2, 0.25) is 0 Å². The molecule has 0 saturated heterocycles. The lowest BCUT2D eigenvalue weighted by molar-refractivity contribution is -0.123. The van der Waals surface area contributed by atoms with Crippen LogP contribution in [0, 0.1) is 13.8 Å². The predicted octanol–water partition coefficient (Wildman–Crippen LogP) is 4.20. The van der Waals surface area contributed by atoms with Gasteiger partial charge >= 0.3 is 11.9 Å². The van der Waals surface area contributed by atoms with E-state index in [0.717, 1.165) is 36.1 Å². The maximum Gasteiger partial charge on any atom is 0.342 e. The maximum absolute atomic E-state index is 12.7. The maximum atomic E-state index is 12.7. The molecule has 0 fully saturated rings. The number of anilines is 1. The highest BCUT2D eigenvalue weighted by atomic mass is 32.1. The van der Waals surface area contributed by atoms with E-state index in [1.54, 1.807) is 26.8 Å². The van der Waals surface area contributed by atoms with Gasteiger partial charge in [-0.3, -0.25) is 4.79 Å². The van der Waals surface area contributed by atoms with Crippen molar-refractivity contribution in [2.75, 3.05) is 11.9 Å². The molecule has 0 aliphatic heterocycles. The second-order valence-corrected chi connectivity index (χ2v) is 8.10. The zero-order valence-electron chi connectivity index (χ0n) is 17.0. The van der Waals surface area contributed by atoms with E-state index in [2.05, 4.69) is 5.32 Å². The fourth-order valence-corrected chi connectivity index (χ4v) is 4.68. The van der Waals surface area contributed by atoms with Crippen molar-refractivity contribution >= 4 is 34.2 Å². The Morgan fingerprint density at radius 1 is 1.21 bits per heavy atom. The van der Waals surface area contributed by atoms with Crippen LogP contribution in [0.4, 0.5) is 5.00 Å². The summed E-state index contributed by atoms with van der Waals surface area (Å²) in [6.45, 7) is 6.89. The zero-order valence-corrected chi connectivity index (χ0v) is 17.9. The summed E-state index contributed by atoms with van der Waals surface area (Å²) in [6, 6.07) is 1.58. The van der Waals surface area contributed by atoms with Crippen molar-refractivity contribution in [3.63, 3.8) is 0 Å². The van der Waals surface area contributed by atoms with E-state index in [4.69, 9.17) is 13.9 Å². The lowest BCUT2D eigenvalue weighted by atomic mass is 9.95. The van der Waals surface area contributed by atoms with Crippen molar-refractivity contribution < 1.29 is 28.3 Å². The number of hydrogen-bond donors (Lipinski definition) is 1. The summed E-state index contributed by atoms with van der Waals surface area (Å²) in [6.07, 6.45) is 2.69. The molecule has 1 aliphatic rings. The molecular weight excluding hydrogens is 394 g/mol. The SMILES string of the molecule is CCOC(=O)c1c(NC(=O)[C@@H](C)OC(=O)c2cc(C)oc2C)sc2c1CCCC2. The average Bonchev–Trinajstić information content (AvgIpc) is 3.20. The largest absolute Gasteiger partial charge is 0.466 e. The topological polar surface area (TPSA) is 94.8 Å². The van der Waals surface area contributed by atoms with Crippen LogP contribution in [0.1, 0.15) is 69.4 Å². The van der Waals surface area contributed by atoms with Gasteiger partial charge in [0.2, 0.25) is 0 Å². The van der Waals surface area contributed by atoms with Gasteiger partial charge in [-0.1, -0.05) is 0 Å². The van der Waals surface area contributed by atoms with E-state index >= 15 is 0 Å². The molecule has 0 unspecified atom stereocenters. The summed E-state index contributed by atoms with van der Waals surface area (Å²) in [7, 11) is 0. The Morgan fingerprint density at radius 3 is 2.59 bits per heavy atom. The second-order valence-electron chi connectivity index (χ2n) is 7.00. The summed E-state index contributed by atoms with van der Waals surface area (Å²) in [5, 5.41) is 3.22. The van der Waals surface area contributed by atoms with E-state index in [-0.39, 0.29) is 6.61 Å². The fourth-order valence-electron chi connectivity index (χ4n) is 3.40. The van der Waals surface area contributed by atoms with E-state index in [9.17, 15) is 14.4 Å². The van der Waals surface area contributed by atoms with Gasteiger partial charge in [0.1, 0.15) is 22.1 Å². The molecule has 2 aromatic rings. The number of thiophene rings is 1. The van der Waals surface area contributed by atoms with Gasteiger partial charge in [0.15, 0.2) is 6.10 Å². The molecule has 0 bridgehead atoms. The first kappa shape index (κ1) is 21.1. The summed E-state index contributed by atoms with van der Waals surface area (Å²) in [5.74, 6) is -0.528. The van der Waals surface area contributed by atoms with Crippen LogP contribution in [0.5, 0.6) is 0 Å². The molecule has 1 atom stereocenters. The average molecular weight is 419 g/mol. The lowest BCUT2D eigenvalue weighted by Crippen LogP contribution is -2.30. The van der Waals surface area contributed by atoms with Gasteiger partial charge in [-0.25, -0.2) is 9.59 Å². The Hall–Kier alpha value is -2.61. The molecule has 0 saturated carbocycles. The number of furan rings is 1. The monoisotopic (exact) mass is 419 g/mol. The van der Waals surface area contributed by atoms with Crippen LogP contribution in [0.3, 0.4) is 0 Å². The number of carbonyl (C=O) groups is 3. The van der Waals surface area contributed by atoms with Gasteiger partial charge in [-0.15, -0.1) is 11.3 Å². The Kier molecular flexibility index (Phi) is 6.42. The number of hydrogen-bond acceptors (Lipinski definition) is 7. The zero-order chi connectivity index (χ0) is 21.1. The molecule has 1 N–H and O–H groups in total. The summed E-state index contributed by atoms with van der Waals surface area (Å²) in [5.41, 5.74) is 1.69. The molecule has 7 nitrogen and oxygen atoms in total. The highest BCUT2D eigenvalue weighted by molar-refractivity contribution is 7.17. The lowest BCUT2D eigenvalue weighted by Gasteiger charge is -2.14. The van der Waals surface area contributed by atoms with Crippen molar-refractivity contribution in [1.29, 1.82) is 0 Å². The van der Waals surface area contributed by atoms with E-state index in [1.165, 1.54) is 18.3 Å². The quantitative estimate of drug-likeness (QED) is 0.705. The number of fused-ring (bicyclic) bond motifs is 1. The third kappa shape index (κ3) is 4.53. The molecule has 2 heterocycles. The minimum atomic E-state index is -1.04. The first-order chi connectivity index (χ1) is 13.8. The number of aryl methyl sites for hydroxylation is 3. The van der Waals surface area contributed by atoms with E-state index < -0.39 is 23.9 Å². The number of ether oxygens (including phenoxy) is 2. The van der Waals surface area contributed by atoms with Crippen LogP contribution in [-0.4, -0.2) is 30.6 Å². The predicted molar refractivity (Wildman–Crippen MR) is 109 cm³/mol. The first-order valence-corrected chi connectivity index (χ1v) is 10.5. The van der Waals surface area contributed by atoms with Gasteiger partial charge in [0.05, 0.1) is 12.2 Å². The van der Waals surface area contributed by atoms with Gasteiger partial charge in [-0.2, -0.15) is 0 Å². The van der Waals surface area contributed by atoms with Gasteiger partial charge in [-0.05, 0) is 65.0 Å². The minimum absolute atomic E-state index is 0.258. The normalized spacial score (nSPS) is 14.1. The van der Waals surface area contributed by atoms with Crippen LogP contribution in [0.15, 0.2) is 10.5 Å². The van der Waals surface area contributed by atoms with Crippen LogP contribution >= 0.6 is 11.3 Å². The van der Waals surface area contributed by atoms with E-state index in [0.29, 0.717) is 27.6 Å². The van der Waals surface area contributed by atoms with Crippen molar-refractivity contribution in [2.45, 2.75) is 59.5 Å². The van der Waals surface area contributed by atoms with Crippen molar-refractivity contribution in [1.82, 2.24) is 0 Å². The Bertz CT molecular complexity index is 941. The minimum Gasteiger partial charge on any atom is -0.466 e. The van der Waals surface area contributed by atoms with Crippen LogP contribution in [-0.2, 0) is 27.1 Å². The van der Waals surface area contributed by atoms with Crippen molar-refractivity contribution in [2.24, 2.45) is 0 Å². The molecule has 1 aliphatic carbocycles. The number of carbonyl (C=O) groups excluding carboxylic acids is 3. The molecule has 0 spiro atoms.